The van der Waals surface area contributed by atoms with Gasteiger partial charge in [0.25, 0.3) is 0 Å². The van der Waals surface area contributed by atoms with Crippen LogP contribution in [0.1, 0.15) is 108 Å². The number of anilines is 2. The van der Waals surface area contributed by atoms with Gasteiger partial charge in [-0.05, 0) is 168 Å². The van der Waals surface area contributed by atoms with Gasteiger partial charge in [0.05, 0.1) is 6.04 Å². The van der Waals surface area contributed by atoms with E-state index in [1.165, 1.54) is 16.7 Å². The molecule has 3 aromatic rings. The number of hydrogen-bond acceptors (Lipinski definition) is 9. The maximum atomic E-state index is 13.7. The lowest BCUT2D eigenvalue weighted by Gasteiger charge is -2.34. The van der Waals surface area contributed by atoms with E-state index in [1.807, 2.05) is 18.2 Å². The Morgan fingerprint density at radius 3 is 1.96 bits per heavy atom. The lowest BCUT2D eigenvalue weighted by molar-refractivity contribution is -0.116. The van der Waals surface area contributed by atoms with E-state index in [0.717, 1.165) is 149 Å². The Labute approximate surface area is 312 Å². The highest BCUT2D eigenvalue weighted by molar-refractivity contribution is 5.99. The number of piperidine rings is 3. The second-order valence-electron chi connectivity index (χ2n) is 15.9. The van der Waals surface area contributed by atoms with E-state index in [0.29, 0.717) is 12.8 Å². The quantitative estimate of drug-likeness (QED) is 0.192. The Morgan fingerprint density at radius 2 is 1.25 bits per heavy atom. The van der Waals surface area contributed by atoms with Crippen LogP contribution in [0.15, 0.2) is 42.5 Å². The number of ketones is 1. The molecule has 53 heavy (non-hydrogen) atoms. The molecule has 10 heteroatoms. The van der Waals surface area contributed by atoms with Crippen LogP contribution in [0, 0.1) is 0 Å². The minimum absolute atomic E-state index is 0.0308. The second kappa shape index (κ2) is 15.3. The van der Waals surface area contributed by atoms with Gasteiger partial charge in [0.2, 0.25) is 5.91 Å². The lowest BCUT2D eigenvalue weighted by Crippen LogP contribution is -2.34. The number of rotatable bonds is 8. The number of Topliss-reactive ketones (excluding diaryl/α,β-unsaturated/α-hetero) is 1. The average molecular weight is 720 g/mol. The molecule has 3 saturated heterocycles. The summed E-state index contributed by atoms with van der Waals surface area (Å²) in [6.07, 6.45) is 10.6. The highest BCUT2D eigenvalue weighted by Crippen LogP contribution is 2.45. The molecule has 0 saturated carbocycles. The van der Waals surface area contributed by atoms with Gasteiger partial charge in [-0.2, -0.15) is 0 Å². The molecule has 5 N–H and O–H groups in total. The molecule has 5 heterocycles. The first-order valence-corrected chi connectivity index (χ1v) is 20.2. The first-order chi connectivity index (χ1) is 26.0. The standard InChI is InChI=1S/C43H53N5O5/c49-41-22-28(19-27-20-32(2-3-34(27)41)51-29-7-13-44-14-8-29)36-21-26-1-5-38(47-39(26)25-42(36)53-31-11-17-46-18-12-31)37-23-33(52-30-9-15-45-16-10-30)24-40-35(37)4-6-43(50)48-40/h2-3,20-21,23-25,28-31,38,44-47H,1,4-19,22H2,(H,48,50). The van der Waals surface area contributed by atoms with E-state index < -0.39 is 0 Å². The number of aryl methyl sites for hydroxylation is 1. The van der Waals surface area contributed by atoms with Crippen LogP contribution in [-0.2, 0) is 24.1 Å². The monoisotopic (exact) mass is 719 g/mol. The van der Waals surface area contributed by atoms with Crippen LogP contribution in [0.5, 0.6) is 17.2 Å². The van der Waals surface area contributed by atoms with Gasteiger partial charge in [-0.1, -0.05) is 0 Å². The van der Waals surface area contributed by atoms with E-state index in [4.69, 9.17) is 14.2 Å². The Balaban J connectivity index is 1.01. The largest absolute Gasteiger partial charge is 0.490 e. The molecule has 10 nitrogen and oxygen atoms in total. The minimum atomic E-state index is 0.0308. The van der Waals surface area contributed by atoms with Crippen molar-refractivity contribution in [2.75, 3.05) is 49.9 Å². The van der Waals surface area contributed by atoms with E-state index in [9.17, 15) is 9.59 Å². The Bertz CT molecular complexity index is 1840. The van der Waals surface area contributed by atoms with Gasteiger partial charge in [-0.3, -0.25) is 9.59 Å². The topological polar surface area (TPSA) is 122 Å². The maximum absolute atomic E-state index is 13.7. The SMILES string of the molecule is O=C1CCc2c(cc(OC3CCNCC3)cc2C2CCc3cc(C4CC(=O)c5ccc(OC6CCNCC6)cc5C4)c(OC4CCNCC4)cc3N2)N1. The summed E-state index contributed by atoms with van der Waals surface area (Å²) in [6, 6.07) is 14.9. The van der Waals surface area contributed by atoms with E-state index >= 15 is 0 Å². The van der Waals surface area contributed by atoms with Crippen LogP contribution in [0.3, 0.4) is 0 Å². The molecule has 0 spiro atoms. The van der Waals surface area contributed by atoms with Crippen molar-refractivity contribution in [3.05, 3.63) is 75.8 Å². The fourth-order valence-corrected chi connectivity index (χ4v) is 9.37. The summed E-state index contributed by atoms with van der Waals surface area (Å²) in [7, 11) is 0. The molecule has 280 valence electrons. The average Bonchev–Trinajstić information content (AvgIpc) is 3.18. The minimum Gasteiger partial charge on any atom is -0.490 e. The number of carbonyl (C=O) groups excluding carboxylic acids is 2. The van der Waals surface area contributed by atoms with Crippen molar-refractivity contribution < 1.29 is 23.8 Å². The van der Waals surface area contributed by atoms with E-state index in [-0.39, 0.29) is 42.0 Å². The summed E-state index contributed by atoms with van der Waals surface area (Å²) in [5, 5.41) is 17.4. The molecule has 0 bridgehead atoms. The number of amides is 1. The normalized spacial score (nSPS) is 23.9. The summed E-state index contributed by atoms with van der Waals surface area (Å²) in [5.74, 6) is 2.87. The fourth-order valence-electron chi connectivity index (χ4n) is 9.37. The number of ether oxygens (including phenoxy) is 3. The lowest BCUT2D eigenvalue weighted by atomic mass is 9.78. The van der Waals surface area contributed by atoms with Gasteiger partial charge in [-0.15, -0.1) is 0 Å². The van der Waals surface area contributed by atoms with E-state index in [1.54, 1.807) is 0 Å². The zero-order valence-corrected chi connectivity index (χ0v) is 30.7. The molecule has 0 radical (unpaired) electrons. The van der Waals surface area contributed by atoms with Crippen LogP contribution in [-0.4, -0.2) is 69.3 Å². The first kappa shape index (κ1) is 34.6. The smallest absolute Gasteiger partial charge is 0.224 e. The molecule has 2 unspecified atom stereocenters. The maximum Gasteiger partial charge on any atom is 0.224 e. The molecule has 1 amide bonds. The number of carbonyl (C=O) groups is 2. The van der Waals surface area contributed by atoms with Crippen molar-refractivity contribution in [3.63, 3.8) is 0 Å². The second-order valence-corrected chi connectivity index (χ2v) is 15.9. The predicted molar refractivity (Wildman–Crippen MR) is 206 cm³/mol. The zero-order valence-electron chi connectivity index (χ0n) is 30.7. The van der Waals surface area contributed by atoms with Crippen molar-refractivity contribution >= 4 is 23.1 Å². The Kier molecular flexibility index (Phi) is 10.0. The Morgan fingerprint density at radius 1 is 0.566 bits per heavy atom. The van der Waals surface area contributed by atoms with Gasteiger partial charge in [0.15, 0.2) is 5.78 Å². The third-order valence-corrected chi connectivity index (χ3v) is 12.2. The van der Waals surface area contributed by atoms with Gasteiger partial charge >= 0.3 is 0 Å². The molecule has 1 aliphatic carbocycles. The molecule has 5 aliphatic heterocycles. The van der Waals surface area contributed by atoms with Gasteiger partial charge < -0.3 is 40.8 Å². The van der Waals surface area contributed by atoms with Gasteiger partial charge in [0.1, 0.15) is 35.6 Å². The molecule has 6 aliphatic rings. The number of hydrogen-bond donors (Lipinski definition) is 5. The molecule has 9 rings (SSSR count). The van der Waals surface area contributed by atoms with Crippen LogP contribution in [0.2, 0.25) is 0 Å². The van der Waals surface area contributed by atoms with Crippen molar-refractivity contribution in [1.82, 2.24) is 16.0 Å². The van der Waals surface area contributed by atoms with Crippen molar-refractivity contribution in [3.8, 4) is 17.2 Å². The molecular formula is C43H53N5O5. The van der Waals surface area contributed by atoms with Crippen molar-refractivity contribution in [2.24, 2.45) is 0 Å². The molecule has 3 aromatic carbocycles. The van der Waals surface area contributed by atoms with Crippen LogP contribution in [0.4, 0.5) is 11.4 Å². The fraction of sp³-hybridized carbons (Fsp3) is 0.535. The zero-order chi connectivity index (χ0) is 35.7. The van der Waals surface area contributed by atoms with Crippen LogP contribution >= 0.6 is 0 Å². The summed E-state index contributed by atoms with van der Waals surface area (Å²) < 4.78 is 19.9. The molecule has 0 aromatic heterocycles. The summed E-state index contributed by atoms with van der Waals surface area (Å²) in [5.41, 5.74) is 8.69. The van der Waals surface area contributed by atoms with Crippen LogP contribution < -0.4 is 40.8 Å². The molecule has 2 atom stereocenters. The van der Waals surface area contributed by atoms with E-state index in [2.05, 4.69) is 50.8 Å². The highest BCUT2D eigenvalue weighted by Gasteiger charge is 2.33. The number of benzene rings is 3. The summed E-state index contributed by atoms with van der Waals surface area (Å²) >= 11 is 0. The third kappa shape index (κ3) is 7.64. The van der Waals surface area contributed by atoms with Gasteiger partial charge in [-0.25, -0.2) is 0 Å². The highest BCUT2D eigenvalue weighted by atomic mass is 16.5. The van der Waals surface area contributed by atoms with Crippen molar-refractivity contribution in [2.45, 2.75) is 107 Å². The summed E-state index contributed by atoms with van der Waals surface area (Å²) in [6.45, 7) is 5.75. The first-order valence-electron chi connectivity index (χ1n) is 20.2. The predicted octanol–water partition coefficient (Wildman–Crippen LogP) is 5.98. The Hall–Kier alpha value is -4.12. The third-order valence-electron chi connectivity index (χ3n) is 12.2. The summed E-state index contributed by atoms with van der Waals surface area (Å²) in [4.78, 5) is 26.2. The van der Waals surface area contributed by atoms with Crippen LogP contribution in [0.25, 0.3) is 0 Å². The molecule has 3 fully saturated rings. The molecular weight excluding hydrogens is 667 g/mol. The number of nitrogens with one attached hydrogen (secondary N) is 5. The van der Waals surface area contributed by atoms with Gasteiger partial charge in [0, 0.05) is 41.9 Å². The number of fused-ring (bicyclic) bond motifs is 3. The van der Waals surface area contributed by atoms with Crippen molar-refractivity contribution in [1.29, 1.82) is 0 Å².